The summed E-state index contributed by atoms with van der Waals surface area (Å²) >= 11 is 1.63. The molecule has 0 amide bonds. The molecule has 0 radical (unpaired) electrons. The zero-order chi connectivity index (χ0) is 16.1. The van der Waals surface area contributed by atoms with Crippen LogP contribution in [0, 0.1) is 31.1 Å². The van der Waals surface area contributed by atoms with Crippen molar-refractivity contribution in [3.05, 3.63) is 78.0 Å². The number of benzene rings is 1. The van der Waals surface area contributed by atoms with Crippen molar-refractivity contribution in [3.8, 4) is 5.69 Å². The molecule has 0 aliphatic carbocycles. The number of hydrogen-bond acceptors (Lipinski definition) is 3. The number of imidazole rings is 1. The number of nitrogens with zero attached hydrogens (tertiary/aromatic N) is 5. The zero-order valence-electron chi connectivity index (χ0n) is 12.9. The summed E-state index contributed by atoms with van der Waals surface area (Å²) in [6.07, 6.45) is 11.8. The van der Waals surface area contributed by atoms with Crippen LogP contribution in [0.3, 0.4) is 0 Å². The topological polar surface area (TPSA) is 65.4 Å². The van der Waals surface area contributed by atoms with E-state index >= 15 is 0 Å². The Labute approximate surface area is 168 Å². The zero-order valence-corrected chi connectivity index (χ0v) is 17.9. The summed E-state index contributed by atoms with van der Waals surface area (Å²) in [7, 11) is 0. The van der Waals surface area contributed by atoms with Crippen LogP contribution in [0.2, 0.25) is 0 Å². The quantitative estimate of drug-likeness (QED) is 0.214. The molecule has 0 saturated carbocycles. The van der Waals surface area contributed by atoms with Gasteiger partial charge in [-0.3, -0.25) is 4.98 Å². The van der Waals surface area contributed by atoms with Crippen molar-refractivity contribution in [1.29, 1.82) is 0 Å². The van der Waals surface area contributed by atoms with Gasteiger partial charge < -0.3 is 15.0 Å². The Morgan fingerprint density at radius 3 is 2.79 bits per heavy atom. The van der Waals surface area contributed by atoms with Crippen LogP contribution in [-0.2, 0) is 0 Å². The van der Waals surface area contributed by atoms with Crippen LogP contribution in [0.5, 0.6) is 0 Å². The Kier molecular flexibility index (Phi) is 6.98. The first kappa shape index (κ1) is 18.7. The summed E-state index contributed by atoms with van der Waals surface area (Å²) in [6, 6.07) is 11.2. The smallest absolute Gasteiger partial charge is 0.535 e. The van der Waals surface area contributed by atoms with Crippen LogP contribution in [0.4, 0.5) is 0 Å². The van der Waals surface area contributed by atoms with Crippen molar-refractivity contribution in [2.75, 3.05) is 6.26 Å². The fourth-order valence-corrected chi connectivity index (χ4v) is 2.48. The van der Waals surface area contributed by atoms with Gasteiger partial charge in [-0.05, 0) is 29.4 Å². The third-order valence-corrected chi connectivity index (χ3v) is 3.82. The van der Waals surface area contributed by atoms with E-state index in [1.165, 1.54) is 0 Å². The van der Waals surface area contributed by atoms with Crippen molar-refractivity contribution in [3.63, 3.8) is 0 Å². The average molecular weight is 557 g/mol. The van der Waals surface area contributed by atoms with Crippen LogP contribution >= 0.6 is 11.8 Å². The molecule has 1 aromatic carbocycles. The monoisotopic (exact) mass is 557 g/mol. The molecule has 116 valence electrons. The van der Waals surface area contributed by atoms with E-state index in [1.807, 2.05) is 29.2 Å². The van der Waals surface area contributed by atoms with E-state index in [0.717, 1.165) is 16.1 Å². The molecule has 0 aliphatic rings. The van der Waals surface area contributed by atoms with Gasteiger partial charge in [0.05, 0.1) is 6.33 Å². The summed E-state index contributed by atoms with van der Waals surface area (Å²) in [5.41, 5.74) is 2.14. The number of rotatable bonds is 4. The van der Waals surface area contributed by atoms with Gasteiger partial charge in [0.1, 0.15) is 0 Å². The molecule has 2 aromatic heterocycles. The normalized spacial score (nSPS) is 10.5. The number of hydrogen-bond donors (Lipinski definition) is 0. The van der Waals surface area contributed by atoms with Crippen molar-refractivity contribution < 1.29 is 31.1 Å². The number of pyridine rings is 1. The maximum atomic E-state index is 9.97. The van der Waals surface area contributed by atoms with Gasteiger partial charge in [-0.1, -0.05) is 6.07 Å². The van der Waals surface area contributed by atoms with Gasteiger partial charge in [-0.2, -0.15) is 11.8 Å². The molecule has 24 heavy (non-hydrogen) atoms. The van der Waals surface area contributed by atoms with E-state index in [2.05, 4.69) is 27.2 Å². The van der Waals surface area contributed by atoms with Crippen molar-refractivity contribution in [2.45, 2.75) is 4.90 Å². The molecule has 0 atom stereocenters. The van der Waals surface area contributed by atoms with Crippen molar-refractivity contribution >= 4 is 23.8 Å². The summed E-state index contributed by atoms with van der Waals surface area (Å²) in [5, 5.41) is 9.97. The maximum Gasteiger partial charge on any atom is 2.00 e. The Morgan fingerprint density at radius 1 is 1.25 bits per heavy atom. The first-order valence-electron chi connectivity index (χ1n) is 6.88. The molecular weight excluding hydrogens is 544 g/mol. The minimum atomic E-state index is -0.163. The first-order chi connectivity index (χ1) is 11.3. The summed E-state index contributed by atoms with van der Waals surface area (Å²) in [4.78, 5) is 13.2. The van der Waals surface area contributed by atoms with Crippen molar-refractivity contribution in [1.82, 2.24) is 14.5 Å². The standard InChI is InChI=1S/C17H13N5S.U/c1-23-15-9-13(8-14(10-15)22-7-6-19-12-22)11-21-17(18)16-4-2-3-5-20-16;/h2-10,12H,1H3;/q-2;+2. The Bertz CT molecular complexity index is 831. The molecule has 0 saturated heterocycles. The molecule has 0 spiro atoms. The van der Waals surface area contributed by atoms with Crippen LogP contribution < -0.4 is 0 Å². The number of aromatic nitrogens is 3. The van der Waals surface area contributed by atoms with Gasteiger partial charge in [0.2, 0.25) is 0 Å². The van der Waals surface area contributed by atoms with Crippen LogP contribution in [0.1, 0.15) is 11.3 Å². The van der Waals surface area contributed by atoms with Crippen LogP contribution in [-0.4, -0.2) is 32.8 Å². The number of aliphatic imine (C=N–C) groups is 1. The molecule has 5 nitrogen and oxygen atoms in total. The van der Waals surface area contributed by atoms with E-state index in [1.54, 1.807) is 48.7 Å². The van der Waals surface area contributed by atoms with E-state index in [4.69, 9.17) is 0 Å². The van der Waals surface area contributed by atoms with Gasteiger partial charge >= 0.3 is 31.1 Å². The Morgan fingerprint density at radius 2 is 2.12 bits per heavy atom. The first-order valence-corrected chi connectivity index (χ1v) is 8.10. The second-order valence-electron chi connectivity index (χ2n) is 4.65. The SMILES string of the molecule is CSc1cc([C-]=NC(=[N-])c2ccccn2)cc(-n2ccnc2)c1.[U+2]. The molecule has 7 heteroatoms. The third kappa shape index (κ3) is 4.67. The molecule has 0 fully saturated rings. The number of amidine groups is 1. The number of thioether (sulfide) groups is 1. The molecule has 0 bridgehead atoms. The van der Waals surface area contributed by atoms with E-state index < -0.39 is 0 Å². The predicted octanol–water partition coefficient (Wildman–Crippen LogP) is 3.30. The van der Waals surface area contributed by atoms with E-state index in [-0.39, 0.29) is 36.9 Å². The van der Waals surface area contributed by atoms with Gasteiger partial charge in [0.15, 0.2) is 0 Å². The molecule has 0 aliphatic heterocycles. The molecule has 2 heterocycles. The Balaban J connectivity index is 0.00000208. The van der Waals surface area contributed by atoms with Gasteiger partial charge in [0.25, 0.3) is 0 Å². The van der Waals surface area contributed by atoms with E-state index in [0.29, 0.717) is 5.69 Å². The second kappa shape index (κ2) is 8.98. The van der Waals surface area contributed by atoms with Gasteiger partial charge in [0, 0.05) is 30.0 Å². The Hall–Kier alpha value is -1.68. The minimum Gasteiger partial charge on any atom is -0.535 e. The molecular formula is C17H13N5SU. The largest absolute Gasteiger partial charge is 2.00 e. The third-order valence-electron chi connectivity index (χ3n) is 3.11. The average Bonchev–Trinajstić information content (AvgIpc) is 3.15. The summed E-state index contributed by atoms with van der Waals surface area (Å²) in [5.74, 6) is -0.163. The van der Waals surface area contributed by atoms with Crippen LogP contribution in [0.25, 0.3) is 11.1 Å². The van der Waals surface area contributed by atoms with E-state index in [9.17, 15) is 5.41 Å². The molecule has 3 rings (SSSR count). The van der Waals surface area contributed by atoms with Crippen molar-refractivity contribution in [2.24, 2.45) is 4.99 Å². The minimum absolute atomic E-state index is 0. The second-order valence-corrected chi connectivity index (χ2v) is 5.53. The van der Waals surface area contributed by atoms with Gasteiger partial charge in [-0.25, -0.2) is 4.98 Å². The van der Waals surface area contributed by atoms with Crippen LogP contribution in [0.15, 0.2) is 71.2 Å². The predicted molar refractivity (Wildman–Crippen MR) is 93.6 cm³/mol. The fraction of sp³-hybridized carbons (Fsp3) is 0.0588. The molecule has 0 unspecified atom stereocenters. The fourth-order valence-electron chi connectivity index (χ4n) is 2.00. The summed E-state index contributed by atoms with van der Waals surface area (Å²) < 4.78 is 1.91. The molecule has 0 N–H and O–H groups in total. The molecule has 3 aromatic rings. The summed E-state index contributed by atoms with van der Waals surface area (Å²) in [6.45, 7) is 0. The maximum absolute atomic E-state index is 9.97. The van der Waals surface area contributed by atoms with Gasteiger partial charge in [-0.15, -0.1) is 29.7 Å².